The van der Waals surface area contributed by atoms with Gasteiger partial charge in [-0.15, -0.1) is 11.3 Å². The first-order valence-corrected chi connectivity index (χ1v) is 8.10. The zero-order valence-corrected chi connectivity index (χ0v) is 14.0. The molecule has 2 rings (SSSR count). The smallest absolute Gasteiger partial charge is 0.312 e. The molecule has 0 atom stereocenters. The first-order valence-electron chi connectivity index (χ1n) is 7.29. The van der Waals surface area contributed by atoms with E-state index in [1.807, 2.05) is 13.8 Å². The van der Waals surface area contributed by atoms with E-state index < -0.39 is 6.03 Å². The summed E-state index contributed by atoms with van der Waals surface area (Å²) in [7, 11) is 0. The van der Waals surface area contributed by atoms with Gasteiger partial charge in [0.25, 0.3) is 5.91 Å². The molecule has 0 saturated carbocycles. The molecule has 0 saturated heterocycles. The lowest BCUT2D eigenvalue weighted by molar-refractivity contribution is 0.0954. The molecule has 4 N–H and O–H groups in total. The number of hydrogen-bond donors (Lipinski definition) is 3. The van der Waals surface area contributed by atoms with Crippen LogP contribution in [0.5, 0.6) is 0 Å². The van der Waals surface area contributed by atoms with Gasteiger partial charge >= 0.3 is 6.03 Å². The highest BCUT2D eigenvalue weighted by atomic mass is 32.1. The fourth-order valence-electron chi connectivity index (χ4n) is 2.16. The molecule has 0 radical (unpaired) electrons. The molecule has 1 heterocycles. The molecule has 23 heavy (non-hydrogen) atoms. The Balaban J connectivity index is 1.83. The third-order valence-corrected chi connectivity index (χ3v) is 4.45. The molecule has 0 bridgehead atoms. The maximum absolute atomic E-state index is 12.1. The number of thiazole rings is 1. The van der Waals surface area contributed by atoms with E-state index in [4.69, 9.17) is 5.73 Å². The average molecular weight is 332 g/mol. The van der Waals surface area contributed by atoms with Crippen LogP contribution in [0.1, 0.15) is 31.5 Å². The van der Waals surface area contributed by atoms with Crippen LogP contribution >= 0.6 is 11.3 Å². The van der Waals surface area contributed by atoms with Crippen LogP contribution in [0.4, 0.5) is 4.79 Å². The second kappa shape index (κ2) is 7.73. The number of rotatable bonds is 6. The number of aryl methyl sites for hydroxylation is 2. The highest BCUT2D eigenvalue weighted by Gasteiger charge is 2.08. The zero-order chi connectivity index (χ0) is 16.8. The summed E-state index contributed by atoms with van der Waals surface area (Å²) in [6.45, 7) is 4.89. The largest absolute Gasteiger partial charge is 0.352 e. The van der Waals surface area contributed by atoms with Crippen molar-refractivity contribution in [1.82, 2.24) is 15.6 Å². The molecule has 3 amide bonds. The SMILES string of the molecule is Cc1nc(C)c(CCNC(=O)c2ccc(CNC(N)=O)cc2)s1. The molecule has 122 valence electrons. The van der Waals surface area contributed by atoms with Crippen LogP contribution < -0.4 is 16.4 Å². The van der Waals surface area contributed by atoms with Crippen molar-refractivity contribution < 1.29 is 9.59 Å². The molecule has 7 heteroatoms. The van der Waals surface area contributed by atoms with Gasteiger partial charge in [0.05, 0.1) is 10.7 Å². The lowest BCUT2D eigenvalue weighted by Gasteiger charge is -2.06. The number of nitrogens with one attached hydrogen (secondary N) is 2. The van der Waals surface area contributed by atoms with Crippen LogP contribution in [0.15, 0.2) is 24.3 Å². The summed E-state index contributed by atoms with van der Waals surface area (Å²) in [6, 6.07) is 6.48. The van der Waals surface area contributed by atoms with Crippen LogP contribution in [-0.2, 0) is 13.0 Å². The minimum absolute atomic E-state index is 0.113. The minimum Gasteiger partial charge on any atom is -0.352 e. The number of primary amides is 1. The van der Waals surface area contributed by atoms with Gasteiger partial charge in [0, 0.05) is 30.0 Å². The van der Waals surface area contributed by atoms with E-state index >= 15 is 0 Å². The summed E-state index contributed by atoms with van der Waals surface area (Å²) in [5, 5.41) is 6.45. The third-order valence-electron chi connectivity index (χ3n) is 3.32. The highest BCUT2D eigenvalue weighted by molar-refractivity contribution is 7.11. The van der Waals surface area contributed by atoms with E-state index in [0.29, 0.717) is 18.7 Å². The Morgan fingerprint density at radius 3 is 2.43 bits per heavy atom. The number of carbonyl (C=O) groups excluding carboxylic acids is 2. The van der Waals surface area contributed by atoms with Crippen molar-refractivity contribution in [1.29, 1.82) is 0 Å². The minimum atomic E-state index is -0.569. The average Bonchev–Trinajstić information content (AvgIpc) is 2.83. The normalized spacial score (nSPS) is 10.3. The molecular formula is C16H20N4O2S. The fraction of sp³-hybridized carbons (Fsp3) is 0.312. The Kier molecular flexibility index (Phi) is 5.70. The second-order valence-electron chi connectivity index (χ2n) is 5.16. The monoisotopic (exact) mass is 332 g/mol. The molecule has 0 fully saturated rings. The second-order valence-corrected chi connectivity index (χ2v) is 6.45. The van der Waals surface area contributed by atoms with Crippen molar-refractivity contribution in [2.45, 2.75) is 26.8 Å². The Morgan fingerprint density at radius 1 is 1.17 bits per heavy atom. The lowest BCUT2D eigenvalue weighted by atomic mass is 10.1. The van der Waals surface area contributed by atoms with Crippen molar-refractivity contribution in [3.8, 4) is 0 Å². The van der Waals surface area contributed by atoms with Crippen LogP contribution in [0.2, 0.25) is 0 Å². The van der Waals surface area contributed by atoms with Gasteiger partial charge in [0.15, 0.2) is 0 Å². The molecule has 0 unspecified atom stereocenters. The standard InChI is InChI=1S/C16H20N4O2S/c1-10-14(23-11(2)20-10)7-8-18-15(21)13-5-3-12(4-6-13)9-19-16(17)22/h3-6H,7-9H2,1-2H3,(H,18,21)(H3,17,19,22). The van der Waals surface area contributed by atoms with Gasteiger partial charge in [-0.3, -0.25) is 4.79 Å². The molecular weight excluding hydrogens is 312 g/mol. The molecule has 0 spiro atoms. The van der Waals surface area contributed by atoms with Crippen LogP contribution in [0, 0.1) is 13.8 Å². The van der Waals surface area contributed by atoms with E-state index in [1.54, 1.807) is 35.6 Å². The molecule has 6 nitrogen and oxygen atoms in total. The Bertz CT molecular complexity index is 695. The molecule has 2 aromatic rings. The predicted molar refractivity (Wildman–Crippen MR) is 90.5 cm³/mol. The summed E-state index contributed by atoms with van der Waals surface area (Å²) in [5.41, 5.74) is 7.52. The summed E-state index contributed by atoms with van der Waals surface area (Å²) >= 11 is 1.66. The Hall–Kier alpha value is -2.41. The summed E-state index contributed by atoms with van der Waals surface area (Å²) < 4.78 is 0. The molecule has 0 aliphatic carbocycles. The quantitative estimate of drug-likeness (QED) is 0.753. The van der Waals surface area contributed by atoms with Gasteiger partial charge in [-0.25, -0.2) is 9.78 Å². The Labute approximate surface area is 139 Å². The number of aromatic nitrogens is 1. The number of urea groups is 1. The summed E-state index contributed by atoms with van der Waals surface area (Å²) in [4.78, 5) is 28.3. The highest BCUT2D eigenvalue weighted by Crippen LogP contribution is 2.17. The number of amides is 3. The van der Waals surface area contributed by atoms with E-state index in [2.05, 4.69) is 15.6 Å². The number of nitrogens with two attached hydrogens (primary N) is 1. The first kappa shape index (κ1) is 17.0. The van der Waals surface area contributed by atoms with Crippen LogP contribution in [0.25, 0.3) is 0 Å². The van der Waals surface area contributed by atoms with Crippen molar-refractivity contribution in [3.05, 3.63) is 51.0 Å². The van der Waals surface area contributed by atoms with Gasteiger partial charge in [0.2, 0.25) is 0 Å². The van der Waals surface area contributed by atoms with Crippen LogP contribution in [-0.4, -0.2) is 23.5 Å². The maximum Gasteiger partial charge on any atom is 0.312 e. The van der Waals surface area contributed by atoms with Crippen LogP contribution in [0.3, 0.4) is 0 Å². The first-order chi connectivity index (χ1) is 11.0. The fourth-order valence-corrected chi connectivity index (χ4v) is 3.10. The zero-order valence-electron chi connectivity index (χ0n) is 13.2. The summed E-state index contributed by atoms with van der Waals surface area (Å²) in [5.74, 6) is -0.113. The number of hydrogen-bond acceptors (Lipinski definition) is 4. The summed E-state index contributed by atoms with van der Waals surface area (Å²) in [6.07, 6.45) is 0.781. The van der Waals surface area contributed by atoms with Crippen molar-refractivity contribution in [3.63, 3.8) is 0 Å². The Morgan fingerprint density at radius 2 is 1.87 bits per heavy atom. The number of nitrogens with zero attached hydrogens (tertiary/aromatic N) is 1. The predicted octanol–water partition coefficient (Wildman–Crippen LogP) is 1.90. The van der Waals surface area contributed by atoms with E-state index in [1.165, 1.54) is 4.88 Å². The van der Waals surface area contributed by atoms with Crippen molar-refractivity contribution in [2.75, 3.05) is 6.54 Å². The van der Waals surface area contributed by atoms with Crippen molar-refractivity contribution in [2.24, 2.45) is 5.73 Å². The number of carbonyl (C=O) groups is 2. The maximum atomic E-state index is 12.1. The van der Waals surface area contributed by atoms with Gasteiger partial charge in [-0.2, -0.15) is 0 Å². The van der Waals surface area contributed by atoms with E-state index in [9.17, 15) is 9.59 Å². The van der Waals surface area contributed by atoms with Crippen molar-refractivity contribution >= 4 is 23.3 Å². The number of benzene rings is 1. The topological polar surface area (TPSA) is 97.1 Å². The molecule has 1 aromatic carbocycles. The van der Waals surface area contributed by atoms with Gasteiger partial charge < -0.3 is 16.4 Å². The van der Waals surface area contributed by atoms with E-state index in [0.717, 1.165) is 22.7 Å². The lowest BCUT2D eigenvalue weighted by Crippen LogP contribution is -2.28. The third kappa shape index (κ3) is 5.07. The molecule has 0 aliphatic rings. The molecule has 1 aromatic heterocycles. The van der Waals surface area contributed by atoms with E-state index in [-0.39, 0.29) is 5.91 Å². The van der Waals surface area contributed by atoms with Gasteiger partial charge in [0.1, 0.15) is 0 Å². The van der Waals surface area contributed by atoms with Gasteiger partial charge in [-0.05, 0) is 31.5 Å². The van der Waals surface area contributed by atoms with Gasteiger partial charge in [-0.1, -0.05) is 12.1 Å². The molecule has 0 aliphatic heterocycles.